The quantitative estimate of drug-likeness (QED) is 0.677. The van der Waals surface area contributed by atoms with Gasteiger partial charge >= 0.3 is 0 Å². The highest BCUT2D eigenvalue weighted by Crippen LogP contribution is 2.34. The molecular weight excluding hydrogens is 429 g/mol. The highest BCUT2D eigenvalue weighted by molar-refractivity contribution is 7.89. The molecular formula is C21H33ClFN3O3S. The highest BCUT2D eigenvalue weighted by Gasteiger charge is 2.40. The van der Waals surface area contributed by atoms with E-state index in [4.69, 9.17) is 0 Å². The van der Waals surface area contributed by atoms with Gasteiger partial charge < -0.3 is 5.32 Å². The van der Waals surface area contributed by atoms with Crippen LogP contribution in [0.15, 0.2) is 24.3 Å². The molecule has 0 radical (unpaired) electrons. The van der Waals surface area contributed by atoms with Crippen LogP contribution in [0.5, 0.6) is 0 Å². The van der Waals surface area contributed by atoms with Crippen LogP contribution in [0.25, 0.3) is 0 Å². The number of hydrogen-bond donors (Lipinski definition) is 1. The van der Waals surface area contributed by atoms with Gasteiger partial charge in [-0.25, -0.2) is 12.8 Å². The minimum Gasteiger partial charge on any atom is -0.350 e. The topological polar surface area (TPSA) is 69.7 Å². The monoisotopic (exact) mass is 461 g/mol. The molecule has 9 heteroatoms. The van der Waals surface area contributed by atoms with Crippen molar-refractivity contribution in [2.75, 3.05) is 38.5 Å². The number of carbonyl (C=O) groups excluding carboxylic acids is 1. The number of hydrogen-bond acceptors (Lipinski definition) is 4. The van der Waals surface area contributed by atoms with Crippen LogP contribution in [-0.4, -0.2) is 67.5 Å². The summed E-state index contributed by atoms with van der Waals surface area (Å²) < 4.78 is 40.3. The standard InChI is InChI=1S/C21H32FN3O3S.ClH/c1-2-16-29(27,28)25-14-12-24(13-15-25)21(10-6-3-7-11-21)17-23-20(26)18-8-4-5-9-19(18)22;/h4-5,8-9H,2-3,6-7,10-17H2,1H3,(H,23,26);1H. The fraction of sp³-hybridized carbons (Fsp3) is 0.667. The minimum absolute atomic E-state index is 0. The van der Waals surface area contributed by atoms with Crippen molar-refractivity contribution in [2.24, 2.45) is 0 Å². The molecule has 1 aromatic rings. The molecule has 30 heavy (non-hydrogen) atoms. The van der Waals surface area contributed by atoms with E-state index in [2.05, 4.69) is 10.2 Å². The zero-order valence-corrected chi connectivity index (χ0v) is 19.2. The van der Waals surface area contributed by atoms with E-state index in [0.29, 0.717) is 39.1 Å². The summed E-state index contributed by atoms with van der Waals surface area (Å²) in [6.07, 6.45) is 5.90. The van der Waals surface area contributed by atoms with Gasteiger partial charge in [-0.15, -0.1) is 12.4 Å². The van der Waals surface area contributed by atoms with Gasteiger partial charge in [0.15, 0.2) is 0 Å². The lowest BCUT2D eigenvalue weighted by atomic mass is 9.79. The number of nitrogens with zero attached hydrogens (tertiary/aromatic N) is 2. The molecule has 0 spiro atoms. The average Bonchev–Trinajstić information content (AvgIpc) is 2.73. The number of piperazine rings is 1. The van der Waals surface area contributed by atoms with Gasteiger partial charge in [0.25, 0.3) is 5.91 Å². The lowest BCUT2D eigenvalue weighted by Gasteiger charge is -2.49. The highest BCUT2D eigenvalue weighted by atomic mass is 35.5. The summed E-state index contributed by atoms with van der Waals surface area (Å²) in [6, 6.07) is 6.02. The van der Waals surface area contributed by atoms with Crippen molar-refractivity contribution in [3.63, 3.8) is 0 Å². The molecule has 0 unspecified atom stereocenters. The molecule has 3 rings (SSSR count). The molecule has 0 aromatic heterocycles. The smallest absolute Gasteiger partial charge is 0.254 e. The van der Waals surface area contributed by atoms with E-state index in [1.165, 1.54) is 18.6 Å². The maximum Gasteiger partial charge on any atom is 0.254 e. The normalized spacial score (nSPS) is 20.3. The molecule has 0 atom stereocenters. The Morgan fingerprint density at radius 3 is 2.33 bits per heavy atom. The molecule has 1 aromatic carbocycles. The minimum atomic E-state index is -3.18. The van der Waals surface area contributed by atoms with Crippen LogP contribution in [0.1, 0.15) is 55.8 Å². The van der Waals surface area contributed by atoms with Crippen molar-refractivity contribution < 1.29 is 17.6 Å². The van der Waals surface area contributed by atoms with Gasteiger partial charge in [-0.05, 0) is 31.4 Å². The van der Waals surface area contributed by atoms with Crippen LogP contribution in [0.3, 0.4) is 0 Å². The molecule has 6 nitrogen and oxygen atoms in total. The Labute approximate surface area is 185 Å². The van der Waals surface area contributed by atoms with E-state index in [0.717, 1.165) is 25.7 Å². The largest absolute Gasteiger partial charge is 0.350 e. The molecule has 1 amide bonds. The van der Waals surface area contributed by atoms with Crippen molar-refractivity contribution in [3.05, 3.63) is 35.6 Å². The summed E-state index contributed by atoms with van der Waals surface area (Å²) >= 11 is 0. The summed E-state index contributed by atoms with van der Waals surface area (Å²) in [6.45, 7) is 4.65. The van der Waals surface area contributed by atoms with Crippen LogP contribution < -0.4 is 5.32 Å². The molecule has 1 saturated heterocycles. The molecule has 1 heterocycles. The summed E-state index contributed by atoms with van der Waals surface area (Å²) in [5, 5.41) is 2.96. The lowest BCUT2D eigenvalue weighted by Crippen LogP contribution is -2.62. The second-order valence-electron chi connectivity index (χ2n) is 8.15. The first kappa shape index (κ1) is 25.0. The number of rotatable bonds is 7. The van der Waals surface area contributed by atoms with E-state index >= 15 is 0 Å². The predicted octanol–water partition coefficient (Wildman–Crippen LogP) is 3.04. The first-order chi connectivity index (χ1) is 13.9. The summed E-state index contributed by atoms with van der Waals surface area (Å²) in [5.41, 5.74) is -0.117. The zero-order valence-electron chi connectivity index (χ0n) is 17.6. The molecule has 0 bridgehead atoms. The summed E-state index contributed by atoms with van der Waals surface area (Å²) in [5.74, 6) is -0.716. The molecule has 2 fully saturated rings. The molecule has 1 aliphatic carbocycles. The lowest BCUT2D eigenvalue weighted by molar-refractivity contribution is 0.0240. The van der Waals surface area contributed by atoms with Gasteiger partial charge in [-0.2, -0.15) is 4.31 Å². The number of sulfonamides is 1. The Morgan fingerprint density at radius 1 is 1.10 bits per heavy atom. The van der Waals surface area contributed by atoms with Gasteiger partial charge in [0, 0.05) is 38.3 Å². The molecule has 1 saturated carbocycles. The van der Waals surface area contributed by atoms with Crippen molar-refractivity contribution in [1.82, 2.24) is 14.5 Å². The number of benzene rings is 1. The van der Waals surface area contributed by atoms with E-state index in [9.17, 15) is 17.6 Å². The van der Waals surface area contributed by atoms with Gasteiger partial charge in [-0.3, -0.25) is 9.69 Å². The van der Waals surface area contributed by atoms with Crippen LogP contribution in [-0.2, 0) is 10.0 Å². The predicted molar refractivity (Wildman–Crippen MR) is 119 cm³/mol. The Bertz CT molecular complexity index is 807. The molecule has 2 aliphatic rings. The van der Waals surface area contributed by atoms with Crippen molar-refractivity contribution in [3.8, 4) is 0 Å². The van der Waals surface area contributed by atoms with Crippen molar-refractivity contribution >= 4 is 28.3 Å². The van der Waals surface area contributed by atoms with Crippen molar-refractivity contribution in [2.45, 2.75) is 51.0 Å². The van der Waals surface area contributed by atoms with Gasteiger partial charge in [-0.1, -0.05) is 38.3 Å². The molecule has 1 aliphatic heterocycles. The van der Waals surface area contributed by atoms with E-state index in [-0.39, 0.29) is 29.3 Å². The van der Waals surface area contributed by atoms with Crippen molar-refractivity contribution in [1.29, 1.82) is 0 Å². The fourth-order valence-corrected chi connectivity index (χ4v) is 6.12. The van der Waals surface area contributed by atoms with Crippen LogP contribution in [0.2, 0.25) is 0 Å². The van der Waals surface area contributed by atoms with Crippen LogP contribution >= 0.6 is 12.4 Å². The number of carbonyl (C=O) groups is 1. The maximum absolute atomic E-state index is 13.9. The van der Waals surface area contributed by atoms with Gasteiger partial charge in [0.2, 0.25) is 10.0 Å². The third-order valence-electron chi connectivity index (χ3n) is 6.25. The van der Waals surface area contributed by atoms with E-state index in [1.807, 2.05) is 6.92 Å². The number of amides is 1. The first-order valence-corrected chi connectivity index (χ1v) is 12.2. The SMILES string of the molecule is CCCS(=O)(=O)N1CCN(C2(CNC(=O)c3ccccc3F)CCCCC2)CC1.Cl. The van der Waals surface area contributed by atoms with E-state index < -0.39 is 21.7 Å². The zero-order chi connectivity index (χ0) is 20.9. The number of nitrogens with one attached hydrogen (secondary N) is 1. The Kier molecular flexibility index (Phi) is 9.09. The summed E-state index contributed by atoms with van der Waals surface area (Å²) in [7, 11) is -3.18. The van der Waals surface area contributed by atoms with E-state index in [1.54, 1.807) is 16.4 Å². The van der Waals surface area contributed by atoms with Gasteiger partial charge in [0.1, 0.15) is 5.82 Å². The first-order valence-electron chi connectivity index (χ1n) is 10.6. The molecule has 1 N–H and O–H groups in total. The number of halogens is 2. The Hall–Kier alpha value is -1.22. The Morgan fingerprint density at radius 2 is 1.73 bits per heavy atom. The maximum atomic E-state index is 13.9. The fourth-order valence-electron chi connectivity index (χ4n) is 4.63. The Balaban J connectivity index is 0.00000320. The van der Waals surface area contributed by atoms with Crippen LogP contribution in [0, 0.1) is 5.82 Å². The summed E-state index contributed by atoms with van der Waals surface area (Å²) in [4.78, 5) is 14.9. The third-order valence-corrected chi connectivity index (χ3v) is 8.32. The van der Waals surface area contributed by atoms with Gasteiger partial charge in [0.05, 0.1) is 11.3 Å². The second kappa shape index (κ2) is 10.9. The van der Waals surface area contributed by atoms with Crippen LogP contribution in [0.4, 0.5) is 4.39 Å². The molecule has 170 valence electrons. The average molecular weight is 462 g/mol. The third kappa shape index (κ3) is 5.72. The second-order valence-corrected chi connectivity index (χ2v) is 10.2.